The van der Waals surface area contributed by atoms with Crippen molar-refractivity contribution in [3.8, 4) is 0 Å². The number of nitrogens with zero attached hydrogens (tertiary/aromatic N) is 5. The Morgan fingerprint density at radius 2 is 2.14 bits per heavy atom. The van der Waals surface area contributed by atoms with Crippen molar-refractivity contribution >= 4 is 5.91 Å². The minimum absolute atomic E-state index is 0.133. The highest BCUT2D eigenvalue weighted by molar-refractivity contribution is 5.76. The van der Waals surface area contributed by atoms with Crippen LogP contribution in [0.5, 0.6) is 0 Å². The zero-order chi connectivity index (χ0) is 15.6. The number of amides is 1. The minimum Gasteiger partial charge on any atom is -0.370 e. The third-order valence-corrected chi connectivity index (χ3v) is 4.61. The second-order valence-corrected chi connectivity index (χ2v) is 6.23. The molecule has 120 valence electrons. The van der Waals surface area contributed by atoms with Crippen molar-refractivity contribution in [2.75, 3.05) is 19.7 Å². The van der Waals surface area contributed by atoms with E-state index < -0.39 is 0 Å². The Morgan fingerprint density at radius 1 is 1.36 bits per heavy atom. The molecule has 0 N–H and O–H groups in total. The summed E-state index contributed by atoms with van der Waals surface area (Å²) in [6, 6.07) is 0. The Balaban J connectivity index is 1.52. The molecule has 22 heavy (non-hydrogen) atoms. The normalized spacial score (nSPS) is 21.0. The van der Waals surface area contributed by atoms with Gasteiger partial charge < -0.3 is 9.64 Å². The fourth-order valence-electron chi connectivity index (χ4n) is 3.22. The van der Waals surface area contributed by atoms with Crippen LogP contribution in [0, 0.1) is 6.92 Å². The highest BCUT2D eigenvalue weighted by Gasteiger charge is 2.36. The van der Waals surface area contributed by atoms with Crippen LogP contribution >= 0.6 is 0 Å². The molecule has 3 rings (SSSR count). The number of carbonyl (C=O) groups excluding carboxylic acids is 1. The monoisotopic (exact) mass is 305 g/mol. The molecule has 1 saturated heterocycles. The first-order valence-electron chi connectivity index (χ1n) is 7.91. The smallest absolute Gasteiger partial charge is 0.224 e. The van der Waals surface area contributed by atoms with Crippen molar-refractivity contribution in [3.63, 3.8) is 0 Å². The molecule has 1 aromatic heterocycles. The molecule has 3 heterocycles. The van der Waals surface area contributed by atoms with Gasteiger partial charge in [0, 0.05) is 19.5 Å². The quantitative estimate of drug-likeness (QED) is 0.782. The molecule has 0 atom stereocenters. The maximum atomic E-state index is 12.3. The van der Waals surface area contributed by atoms with Crippen molar-refractivity contribution in [2.24, 2.45) is 0 Å². The summed E-state index contributed by atoms with van der Waals surface area (Å²) in [5.74, 6) is 0.905. The van der Waals surface area contributed by atoms with E-state index in [9.17, 15) is 4.79 Å². The molecule has 0 unspecified atom stereocenters. The van der Waals surface area contributed by atoms with Crippen molar-refractivity contribution in [2.45, 2.75) is 51.7 Å². The second-order valence-electron chi connectivity index (χ2n) is 6.23. The maximum absolute atomic E-state index is 12.3. The Labute approximate surface area is 130 Å². The van der Waals surface area contributed by atoms with E-state index in [2.05, 4.69) is 28.5 Å². The third kappa shape index (κ3) is 3.19. The first kappa shape index (κ1) is 15.1. The highest BCUT2D eigenvalue weighted by Crippen LogP contribution is 2.33. The molecular formula is C15H23N5O2. The molecule has 1 spiro atoms. The molecule has 2 aliphatic heterocycles. The lowest BCUT2D eigenvalue weighted by Crippen LogP contribution is -2.48. The molecule has 7 heteroatoms. The van der Waals surface area contributed by atoms with Gasteiger partial charge in [-0.05, 0) is 43.5 Å². The number of ether oxygens (including phenoxy) is 1. The molecule has 0 aliphatic carbocycles. The lowest BCUT2D eigenvalue weighted by molar-refractivity contribution is -0.136. The van der Waals surface area contributed by atoms with Gasteiger partial charge in [-0.3, -0.25) is 4.79 Å². The van der Waals surface area contributed by atoms with Gasteiger partial charge in [-0.1, -0.05) is 11.6 Å². The lowest BCUT2D eigenvalue weighted by atomic mass is 9.87. The summed E-state index contributed by atoms with van der Waals surface area (Å²) >= 11 is 0. The fraction of sp³-hybridized carbons (Fsp3) is 0.733. The average molecular weight is 305 g/mol. The van der Waals surface area contributed by atoms with Gasteiger partial charge in [-0.25, -0.2) is 4.68 Å². The van der Waals surface area contributed by atoms with Crippen LogP contribution in [0.3, 0.4) is 0 Å². The SMILES string of the molecule is CC1=CC2(CCN(C(=O)CCn3nnnc3C)CC2)OCC1. The molecule has 1 aromatic rings. The van der Waals surface area contributed by atoms with Gasteiger partial charge in [0.2, 0.25) is 5.91 Å². The number of piperidine rings is 1. The lowest BCUT2D eigenvalue weighted by Gasteiger charge is -2.42. The van der Waals surface area contributed by atoms with E-state index >= 15 is 0 Å². The van der Waals surface area contributed by atoms with E-state index in [1.807, 2.05) is 11.8 Å². The summed E-state index contributed by atoms with van der Waals surface area (Å²) in [5, 5.41) is 11.3. The Bertz CT molecular complexity index is 572. The van der Waals surface area contributed by atoms with Gasteiger partial charge >= 0.3 is 0 Å². The number of rotatable bonds is 3. The van der Waals surface area contributed by atoms with E-state index in [0.29, 0.717) is 13.0 Å². The van der Waals surface area contributed by atoms with Crippen molar-refractivity contribution in [1.82, 2.24) is 25.1 Å². The van der Waals surface area contributed by atoms with Gasteiger partial charge in [-0.15, -0.1) is 5.10 Å². The summed E-state index contributed by atoms with van der Waals surface area (Å²) in [5.41, 5.74) is 1.27. The highest BCUT2D eigenvalue weighted by atomic mass is 16.5. The van der Waals surface area contributed by atoms with Crippen molar-refractivity contribution in [3.05, 3.63) is 17.5 Å². The maximum Gasteiger partial charge on any atom is 0.224 e. The molecule has 7 nitrogen and oxygen atoms in total. The molecule has 0 radical (unpaired) electrons. The van der Waals surface area contributed by atoms with Gasteiger partial charge in [0.05, 0.1) is 18.8 Å². The van der Waals surface area contributed by atoms with Gasteiger partial charge in [0.15, 0.2) is 0 Å². The third-order valence-electron chi connectivity index (χ3n) is 4.61. The summed E-state index contributed by atoms with van der Waals surface area (Å²) < 4.78 is 7.66. The fourth-order valence-corrected chi connectivity index (χ4v) is 3.22. The van der Waals surface area contributed by atoms with Crippen LogP contribution in [0.25, 0.3) is 0 Å². The van der Waals surface area contributed by atoms with E-state index in [1.54, 1.807) is 4.68 Å². The molecule has 2 aliphatic rings. The predicted octanol–water partition coefficient (Wildman–Crippen LogP) is 1.10. The number of aromatic nitrogens is 4. The second kappa shape index (κ2) is 6.16. The molecule has 1 amide bonds. The van der Waals surface area contributed by atoms with E-state index in [1.165, 1.54) is 5.57 Å². The summed E-state index contributed by atoms with van der Waals surface area (Å²) in [6.45, 7) is 6.86. The Morgan fingerprint density at radius 3 is 2.77 bits per heavy atom. The first-order valence-corrected chi connectivity index (χ1v) is 7.91. The van der Waals surface area contributed by atoms with Crippen molar-refractivity contribution < 1.29 is 9.53 Å². The number of hydrogen-bond acceptors (Lipinski definition) is 5. The topological polar surface area (TPSA) is 73.1 Å². The zero-order valence-electron chi connectivity index (χ0n) is 13.3. The molecular weight excluding hydrogens is 282 g/mol. The number of likely N-dealkylation sites (tertiary alicyclic amines) is 1. The molecule has 0 bridgehead atoms. The number of carbonyl (C=O) groups is 1. The number of aryl methyl sites for hydroxylation is 2. The number of hydrogen-bond donors (Lipinski definition) is 0. The van der Waals surface area contributed by atoms with E-state index in [0.717, 1.165) is 44.8 Å². The summed E-state index contributed by atoms with van der Waals surface area (Å²) in [7, 11) is 0. The number of tetrazole rings is 1. The van der Waals surface area contributed by atoms with Crippen LogP contribution in [0.2, 0.25) is 0 Å². The van der Waals surface area contributed by atoms with Crippen LogP contribution in [0.15, 0.2) is 11.6 Å². The van der Waals surface area contributed by atoms with Gasteiger partial charge in [0.1, 0.15) is 5.82 Å². The van der Waals surface area contributed by atoms with Crippen LogP contribution in [0.4, 0.5) is 0 Å². The minimum atomic E-state index is -0.133. The standard InChI is InChI=1S/C15H23N5O2/c1-12-4-10-22-15(11-12)5-8-19(9-6-15)14(21)3-7-20-13(2)16-17-18-20/h11H,3-10H2,1-2H3. The van der Waals surface area contributed by atoms with E-state index in [-0.39, 0.29) is 11.5 Å². The molecule has 0 aromatic carbocycles. The van der Waals surface area contributed by atoms with Crippen molar-refractivity contribution in [1.29, 1.82) is 0 Å². The summed E-state index contributed by atoms with van der Waals surface area (Å²) in [4.78, 5) is 14.3. The van der Waals surface area contributed by atoms with Gasteiger partial charge in [-0.2, -0.15) is 0 Å². The zero-order valence-corrected chi connectivity index (χ0v) is 13.3. The first-order chi connectivity index (χ1) is 10.6. The molecule has 1 fully saturated rings. The van der Waals surface area contributed by atoms with Crippen LogP contribution in [-0.4, -0.2) is 56.3 Å². The van der Waals surface area contributed by atoms with Crippen LogP contribution in [-0.2, 0) is 16.1 Å². The Hall–Kier alpha value is -1.76. The summed E-state index contributed by atoms with van der Waals surface area (Å²) in [6.07, 6.45) is 5.51. The van der Waals surface area contributed by atoms with Crippen LogP contribution < -0.4 is 0 Å². The average Bonchev–Trinajstić information content (AvgIpc) is 2.91. The largest absolute Gasteiger partial charge is 0.370 e. The Kier molecular flexibility index (Phi) is 4.24. The predicted molar refractivity (Wildman–Crippen MR) is 80.0 cm³/mol. The molecule has 0 saturated carbocycles. The van der Waals surface area contributed by atoms with Crippen LogP contribution in [0.1, 0.15) is 38.4 Å². The van der Waals surface area contributed by atoms with E-state index in [4.69, 9.17) is 4.74 Å². The van der Waals surface area contributed by atoms with Gasteiger partial charge in [0.25, 0.3) is 0 Å².